The van der Waals surface area contributed by atoms with Gasteiger partial charge in [-0.15, -0.1) is 0 Å². The minimum atomic E-state index is 0.473. The number of hydrogen-bond donors (Lipinski definition) is 1. The summed E-state index contributed by atoms with van der Waals surface area (Å²) in [5, 5.41) is 13.1. The largest absolute Gasteiger partial charge is 0.487 e. The Labute approximate surface area is 170 Å². The van der Waals surface area contributed by atoms with Crippen LogP contribution >= 0.6 is 27.5 Å². The highest BCUT2D eigenvalue weighted by atomic mass is 79.9. The zero-order chi connectivity index (χ0) is 18.6. The Bertz CT molecular complexity index is 1090. The van der Waals surface area contributed by atoms with E-state index in [1.54, 1.807) is 6.20 Å². The maximum Gasteiger partial charge on any atom is 0.138 e. The van der Waals surface area contributed by atoms with Crippen LogP contribution < -0.4 is 10.1 Å². The first-order chi connectivity index (χ1) is 13.2. The summed E-state index contributed by atoms with van der Waals surface area (Å²) >= 11 is 9.85. The number of aromatic nitrogens is 2. The lowest BCUT2D eigenvalue weighted by molar-refractivity contribution is 0.306. The van der Waals surface area contributed by atoms with Crippen molar-refractivity contribution in [1.82, 2.24) is 10.2 Å². The molecule has 0 atom stereocenters. The molecule has 0 fully saturated rings. The van der Waals surface area contributed by atoms with Crippen LogP contribution in [-0.2, 0) is 6.61 Å². The molecule has 0 aliphatic rings. The highest BCUT2D eigenvalue weighted by Gasteiger charge is 2.07. The number of nitrogens with zero attached hydrogens (tertiary/aromatic N) is 2. The summed E-state index contributed by atoms with van der Waals surface area (Å²) in [5.74, 6) is 0.646. The Kier molecular flexibility index (Phi) is 5.23. The van der Waals surface area contributed by atoms with E-state index in [4.69, 9.17) is 16.3 Å². The van der Waals surface area contributed by atoms with Crippen LogP contribution in [-0.4, -0.2) is 10.2 Å². The van der Waals surface area contributed by atoms with Gasteiger partial charge in [-0.3, -0.25) is 0 Å². The van der Waals surface area contributed by atoms with Gasteiger partial charge in [-0.25, -0.2) is 0 Å². The minimum absolute atomic E-state index is 0.473. The number of rotatable bonds is 5. The Morgan fingerprint density at radius 3 is 2.67 bits per heavy atom. The molecule has 0 bridgehead atoms. The molecule has 1 heterocycles. The van der Waals surface area contributed by atoms with Gasteiger partial charge < -0.3 is 10.1 Å². The second-order valence-corrected chi connectivity index (χ2v) is 7.29. The molecule has 0 spiro atoms. The zero-order valence-electron chi connectivity index (χ0n) is 14.2. The van der Waals surface area contributed by atoms with Gasteiger partial charge in [0, 0.05) is 15.5 Å². The molecule has 4 rings (SSSR count). The molecule has 1 N–H and O–H groups in total. The number of hydrogen-bond acceptors (Lipinski definition) is 4. The van der Waals surface area contributed by atoms with Crippen molar-refractivity contribution in [2.45, 2.75) is 6.61 Å². The summed E-state index contributed by atoms with van der Waals surface area (Å²) in [7, 11) is 0. The van der Waals surface area contributed by atoms with Crippen LogP contribution in [0.5, 0.6) is 5.75 Å². The van der Waals surface area contributed by atoms with Crippen LogP contribution in [0.3, 0.4) is 0 Å². The Morgan fingerprint density at radius 2 is 1.85 bits per heavy atom. The van der Waals surface area contributed by atoms with E-state index in [2.05, 4.69) is 31.4 Å². The van der Waals surface area contributed by atoms with E-state index in [1.165, 1.54) is 0 Å². The third-order valence-electron chi connectivity index (χ3n) is 4.05. The van der Waals surface area contributed by atoms with Crippen LogP contribution in [0, 0.1) is 0 Å². The Morgan fingerprint density at radius 1 is 1.00 bits per heavy atom. The molecule has 6 heteroatoms. The van der Waals surface area contributed by atoms with E-state index < -0.39 is 0 Å². The van der Waals surface area contributed by atoms with Gasteiger partial charge in [-0.1, -0.05) is 57.9 Å². The predicted octanol–water partition coefficient (Wildman–Crippen LogP) is 6.37. The number of benzene rings is 3. The van der Waals surface area contributed by atoms with Crippen molar-refractivity contribution in [3.63, 3.8) is 0 Å². The molecular formula is C21H15BrClN3O. The molecule has 0 saturated carbocycles. The van der Waals surface area contributed by atoms with Gasteiger partial charge in [-0.2, -0.15) is 10.2 Å². The summed E-state index contributed by atoms with van der Waals surface area (Å²) < 4.78 is 6.79. The number of ether oxygens (including phenoxy) is 1. The molecular weight excluding hydrogens is 426 g/mol. The van der Waals surface area contributed by atoms with E-state index in [1.807, 2.05) is 66.7 Å². The van der Waals surface area contributed by atoms with Crippen molar-refractivity contribution in [3.05, 3.63) is 88.0 Å². The summed E-state index contributed by atoms with van der Waals surface area (Å²) in [5.41, 5.74) is 3.62. The Hall–Kier alpha value is -2.63. The fourth-order valence-electron chi connectivity index (χ4n) is 2.72. The molecule has 0 radical (unpaired) electrons. The monoisotopic (exact) mass is 439 g/mol. The van der Waals surface area contributed by atoms with Crippen molar-refractivity contribution in [1.29, 1.82) is 0 Å². The molecule has 4 nitrogen and oxygen atoms in total. The minimum Gasteiger partial charge on any atom is -0.487 e. The molecule has 0 saturated heterocycles. The number of anilines is 2. The van der Waals surface area contributed by atoms with E-state index >= 15 is 0 Å². The zero-order valence-corrected chi connectivity index (χ0v) is 16.5. The summed E-state index contributed by atoms with van der Waals surface area (Å²) in [6.07, 6.45) is 1.70. The molecule has 0 aliphatic carbocycles. The third-order valence-corrected chi connectivity index (χ3v) is 4.84. The third kappa shape index (κ3) is 4.21. The lowest BCUT2D eigenvalue weighted by Gasteiger charge is -2.12. The fourth-order valence-corrected chi connectivity index (χ4v) is 3.30. The van der Waals surface area contributed by atoms with E-state index in [0.29, 0.717) is 17.4 Å². The maximum atomic E-state index is 6.40. The molecule has 1 aromatic heterocycles. The normalized spacial score (nSPS) is 10.7. The van der Waals surface area contributed by atoms with Crippen LogP contribution in [0.15, 0.2) is 77.4 Å². The first-order valence-corrected chi connectivity index (χ1v) is 9.50. The van der Waals surface area contributed by atoms with Crippen LogP contribution in [0.2, 0.25) is 5.02 Å². The topological polar surface area (TPSA) is 47.0 Å². The number of nitrogens with one attached hydrogen (secondary N) is 1. The van der Waals surface area contributed by atoms with E-state index in [0.717, 1.165) is 32.3 Å². The lowest BCUT2D eigenvalue weighted by Crippen LogP contribution is -1.97. The molecule has 0 unspecified atom stereocenters. The second-order valence-electron chi connectivity index (χ2n) is 5.96. The average molecular weight is 441 g/mol. The first-order valence-electron chi connectivity index (χ1n) is 8.33. The maximum absolute atomic E-state index is 6.40. The van der Waals surface area contributed by atoms with Crippen LogP contribution in [0.4, 0.5) is 11.4 Å². The summed E-state index contributed by atoms with van der Waals surface area (Å²) in [6, 6.07) is 21.5. The van der Waals surface area contributed by atoms with Gasteiger partial charge in [0.2, 0.25) is 0 Å². The number of fused-ring (bicyclic) bond motifs is 1. The van der Waals surface area contributed by atoms with Crippen molar-refractivity contribution in [2.24, 2.45) is 0 Å². The smallest absolute Gasteiger partial charge is 0.138 e. The first kappa shape index (κ1) is 17.8. The molecule has 4 aromatic rings. The van der Waals surface area contributed by atoms with Crippen molar-refractivity contribution >= 4 is 49.8 Å². The van der Waals surface area contributed by atoms with E-state index in [-0.39, 0.29) is 0 Å². The summed E-state index contributed by atoms with van der Waals surface area (Å²) in [4.78, 5) is 0. The van der Waals surface area contributed by atoms with Gasteiger partial charge in [0.15, 0.2) is 0 Å². The Balaban J connectivity index is 1.53. The fraction of sp³-hybridized carbons (Fsp3) is 0.0476. The molecule has 134 valence electrons. The molecule has 27 heavy (non-hydrogen) atoms. The van der Waals surface area contributed by atoms with E-state index in [9.17, 15) is 0 Å². The van der Waals surface area contributed by atoms with Crippen molar-refractivity contribution < 1.29 is 4.74 Å². The van der Waals surface area contributed by atoms with Gasteiger partial charge in [0.25, 0.3) is 0 Å². The van der Waals surface area contributed by atoms with Gasteiger partial charge in [0.05, 0.1) is 22.4 Å². The highest BCUT2D eigenvalue weighted by Crippen LogP contribution is 2.31. The molecule has 3 aromatic carbocycles. The van der Waals surface area contributed by atoms with Gasteiger partial charge in [0.1, 0.15) is 12.4 Å². The lowest BCUT2D eigenvalue weighted by atomic mass is 10.2. The predicted molar refractivity (Wildman–Crippen MR) is 113 cm³/mol. The van der Waals surface area contributed by atoms with Gasteiger partial charge >= 0.3 is 0 Å². The van der Waals surface area contributed by atoms with Crippen LogP contribution in [0.25, 0.3) is 10.9 Å². The molecule has 0 aliphatic heterocycles. The van der Waals surface area contributed by atoms with Crippen molar-refractivity contribution in [2.75, 3.05) is 5.32 Å². The summed E-state index contributed by atoms with van der Waals surface area (Å²) in [6.45, 7) is 0.473. The molecule has 0 amide bonds. The van der Waals surface area contributed by atoms with Crippen LogP contribution in [0.1, 0.15) is 5.56 Å². The number of halogens is 2. The second kappa shape index (κ2) is 7.94. The quantitative estimate of drug-likeness (QED) is 0.392. The standard InChI is InChI=1S/C21H15BrClN3O/c22-15-6-8-17-19(10-15)26-24-12-20(17)25-16-7-9-21(18(23)11-16)27-13-14-4-2-1-3-5-14/h1-12H,13H2,(H,25,26). The highest BCUT2D eigenvalue weighted by molar-refractivity contribution is 9.10. The SMILES string of the molecule is Clc1cc(Nc2cnnc3cc(Br)ccc23)ccc1OCc1ccccc1. The van der Waals surface area contributed by atoms with Crippen molar-refractivity contribution in [3.8, 4) is 5.75 Å². The average Bonchev–Trinajstić information content (AvgIpc) is 2.68. The van der Waals surface area contributed by atoms with Gasteiger partial charge in [-0.05, 0) is 42.0 Å².